The van der Waals surface area contributed by atoms with E-state index in [9.17, 15) is 9.50 Å². The van der Waals surface area contributed by atoms with E-state index in [0.29, 0.717) is 16.8 Å². The minimum absolute atomic E-state index is 0.0690. The SMILES string of the molecule is CC(C)(O)CON=C(c1ccc(CN2CCC(c3ccc(F)nc3)CC2)cc1)c1ccc(Cl)nc1. The summed E-state index contributed by atoms with van der Waals surface area (Å²) in [5, 5.41) is 14.7. The predicted octanol–water partition coefficient (Wildman–Crippen LogP) is 5.19. The zero-order valence-electron chi connectivity index (χ0n) is 20.0. The number of halogens is 2. The quantitative estimate of drug-likeness (QED) is 0.264. The van der Waals surface area contributed by atoms with E-state index < -0.39 is 11.5 Å². The summed E-state index contributed by atoms with van der Waals surface area (Å²) in [6.07, 6.45) is 5.38. The van der Waals surface area contributed by atoms with E-state index in [1.807, 2.05) is 24.3 Å². The Morgan fingerprint density at radius 3 is 2.37 bits per heavy atom. The van der Waals surface area contributed by atoms with Crippen LogP contribution in [0, 0.1) is 5.95 Å². The van der Waals surface area contributed by atoms with Gasteiger partial charge >= 0.3 is 0 Å². The number of aromatic nitrogens is 2. The van der Waals surface area contributed by atoms with Crippen LogP contribution in [0.3, 0.4) is 0 Å². The van der Waals surface area contributed by atoms with Crippen LogP contribution >= 0.6 is 11.6 Å². The highest BCUT2D eigenvalue weighted by molar-refractivity contribution is 6.29. The Morgan fingerprint density at radius 1 is 1.06 bits per heavy atom. The summed E-state index contributed by atoms with van der Waals surface area (Å²) in [4.78, 5) is 15.8. The lowest BCUT2D eigenvalue weighted by Crippen LogP contribution is -2.32. The molecule has 184 valence electrons. The zero-order chi connectivity index (χ0) is 24.8. The Kier molecular flexibility index (Phi) is 8.11. The maximum absolute atomic E-state index is 13.1. The second-order valence-corrected chi connectivity index (χ2v) is 9.94. The summed E-state index contributed by atoms with van der Waals surface area (Å²) in [5.41, 5.74) is 3.62. The average molecular weight is 497 g/mol. The number of likely N-dealkylation sites (tertiary alicyclic amines) is 1. The van der Waals surface area contributed by atoms with Crippen molar-refractivity contribution < 1.29 is 14.3 Å². The highest BCUT2D eigenvalue weighted by Gasteiger charge is 2.21. The molecule has 1 aliphatic rings. The molecular weight excluding hydrogens is 467 g/mol. The molecule has 4 rings (SSSR count). The predicted molar refractivity (Wildman–Crippen MR) is 135 cm³/mol. The average Bonchev–Trinajstić information content (AvgIpc) is 2.84. The van der Waals surface area contributed by atoms with Gasteiger partial charge < -0.3 is 9.94 Å². The molecule has 1 saturated heterocycles. The van der Waals surface area contributed by atoms with E-state index in [-0.39, 0.29) is 6.61 Å². The smallest absolute Gasteiger partial charge is 0.212 e. The van der Waals surface area contributed by atoms with E-state index in [0.717, 1.165) is 49.2 Å². The van der Waals surface area contributed by atoms with Gasteiger partial charge in [-0.05, 0) is 75.0 Å². The lowest BCUT2D eigenvalue weighted by molar-refractivity contribution is -0.0189. The summed E-state index contributed by atoms with van der Waals surface area (Å²) in [5.74, 6) is -0.00339. The first-order valence-corrected chi connectivity index (χ1v) is 12.1. The second-order valence-electron chi connectivity index (χ2n) is 9.56. The van der Waals surface area contributed by atoms with Crippen molar-refractivity contribution in [3.8, 4) is 0 Å². The van der Waals surface area contributed by atoms with Crippen LogP contribution in [0.15, 0.2) is 66.1 Å². The Bertz CT molecular complexity index is 1120. The maximum atomic E-state index is 13.1. The fourth-order valence-electron chi connectivity index (χ4n) is 4.12. The minimum atomic E-state index is -0.989. The van der Waals surface area contributed by atoms with Gasteiger partial charge in [0.2, 0.25) is 5.95 Å². The molecule has 1 aromatic carbocycles. The standard InChI is InChI=1S/C27H30ClFN4O2/c1-27(2,34)18-35-32-26(23-7-9-24(28)30-16-23)21-5-3-19(4-6-21)17-33-13-11-20(12-14-33)22-8-10-25(29)31-15-22/h3-10,15-16,20,34H,11-14,17-18H2,1-2H3. The molecule has 8 heteroatoms. The third-order valence-corrected chi connectivity index (χ3v) is 6.24. The molecular formula is C27H30ClFN4O2. The Morgan fingerprint density at radius 2 is 1.77 bits per heavy atom. The summed E-state index contributed by atoms with van der Waals surface area (Å²) in [6.45, 7) is 6.23. The van der Waals surface area contributed by atoms with Gasteiger partial charge in [0.15, 0.2) is 0 Å². The normalized spacial score (nSPS) is 15.9. The Hall–Kier alpha value is -2.87. The zero-order valence-corrected chi connectivity index (χ0v) is 20.7. The van der Waals surface area contributed by atoms with Gasteiger partial charge in [-0.15, -0.1) is 0 Å². The van der Waals surface area contributed by atoms with Crippen molar-refractivity contribution in [3.05, 3.63) is 94.3 Å². The highest BCUT2D eigenvalue weighted by atomic mass is 35.5. The summed E-state index contributed by atoms with van der Waals surface area (Å²) < 4.78 is 13.1. The van der Waals surface area contributed by atoms with Crippen LogP contribution in [0.4, 0.5) is 4.39 Å². The van der Waals surface area contributed by atoms with E-state index in [4.69, 9.17) is 16.4 Å². The van der Waals surface area contributed by atoms with Crippen molar-refractivity contribution in [2.45, 2.75) is 44.8 Å². The number of rotatable bonds is 8. The first kappa shape index (κ1) is 25.2. The number of benzene rings is 1. The number of hydrogen-bond acceptors (Lipinski definition) is 6. The van der Waals surface area contributed by atoms with Crippen molar-refractivity contribution in [1.29, 1.82) is 0 Å². The molecule has 3 heterocycles. The molecule has 0 amide bonds. The molecule has 6 nitrogen and oxygen atoms in total. The minimum Gasteiger partial charge on any atom is -0.392 e. The van der Waals surface area contributed by atoms with Gasteiger partial charge in [0.05, 0.1) is 5.60 Å². The molecule has 1 N–H and O–H groups in total. The van der Waals surface area contributed by atoms with Crippen LogP contribution in [-0.2, 0) is 11.4 Å². The summed E-state index contributed by atoms with van der Waals surface area (Å²) >= 11 is 5.95. The van der Waals surface area contributed by atoms with Crippen molar-refractivity contribution in [3.63, 3.8) is 0 Å². The van der Waals surface area contributed by atoms with Gasteiger partial charge in [-0.3, -0.25) is 4.90 Å². The van der Waals surface area contributed by atoms with Crippen LogP contribution in [-0.4, -0.2) is 51.0 Å². The Labute approximate surface area is 210 Å². The molecule has 0 aliphatic carbocycles. The maximum Gasteiger partial charge on any atom is 0.212 e. The number of hydrogen-bond donors (Lipinski definition) is 1. The van der Waals surface area contributed by atoms with Crippen molar-refractivity contribution >= 4 is 17.3 Å². The molecule has 2 aromatic heterocycles. The topological polar surface area (TPSA) is 70.8 Å². The van der Waals surface area contributed by atoms with E-state index in [2.05, 4.69) is 32.2 Å². The van der Waals surface area contributed by atoms with Crippen LogP contribution in [0.25, 0.3) is 0 Å². The fraction of sp³-hybridized carbons (Fsp3) is 0.370. The van der Waals surface area contributed by atoms with Gasteiger partial charge in [-0.1, -0.05) is 47.1 Å². The molecule has 1 aliphatic heterocycles. The van der Waals surface area contributed by atoms with Gasteiger partial charge in [-0.2, -0.15) is 4.39 Å². The van der Waals surface area contributed by atoms with Crippen molar-refractivity contribution in [2.24, 2.45) is 5.16 Å². The second kappa shape index (κ2) is 11.2. The van der Waals surface area contributed by atoms with Gasteiger partial charge in [-0.25, -0.2) is 9.97 Å². The number of nitrogens with zero attached hydrogens (tertiary/aromatic N) is 4. The number of aliphatic hydroxyl groups is 1. The molecule has 1 fully saturated rings. The summed E-state index contributed by atoms with van der Waals surface area (Å²) in [7, 11) is 0. The summed E-state index contributed by atoms with van der Waals surface area (Å²) in [6, 6.07) is 15.1. The van der Waals surface area contributed by atoms with Crippen LogP contribution < -0.4 is 0 Å². The van der Waals surface area contributed by atoms with Gasteiger partial charge in [0.1, 0.15) is 17.5 Å². The Balaban J connectivity index is 1.40. The van der Waals surface area contributed by atoms with Crippen LogP contribution in [0.5, 0.6) is 0 Å². The van der Waals surface area contributed by atoms with Gasteiger partial charge in [0, 0.05) is 30.1 Å². The van der Waals surface area contributed by atoms with E-state index in [1.54, 1.807) is 32.3 Å². The molecule has 0 unspecified atom stereocenters. The van der Waals surface area contributed by atoms with Crippen LogP contribution in [0.1, 0.15) is 54.9 Å². The molecule has 0 bridgehead atoms. The first-order valence-electron chi connectivity index (χ1n) is 11.7. The number of pyridine rings is 2. The van der Waals surface area contributed by atoms with Crippen molar-refractivity contribution in [2.75, 3.05) is 19.7 Å². The van der Waals surface area contributed by atoms with E-state index >= 15 is 0 Å². The van der Waals surface area contributed by atoms with Crippen LogP contribution in [0.2, 0.25) is 5.15 Å². The lowest BCUT2D eigenvalue weighted by Gasteiger charge is -2.32. The largest absolute Gasteiger partial charge is 0.392 e. The van der Waals surface area contributed by atoms with E-state index in [1.165, 1.54) is 11.6 Å². The fourth-order valence-corrected chi connectivity index (χ4v) is 4.23. The number of piperidine rings is 1. The number of oxime groups is 1. The molecule has 35 heavy (non-hydrogen) atoms. The monoisotopic (exact) mass is 496 g/mol. The molecule has 3 aromatic rings. The molecule has 0 atom stereocenters. The molecule has 0 saturated carbocycles. The van der Waals surface area contributed by atoms with Crippen molar-refractivity contribution in [1.82, 2.24) is 14.9 Å². The first-order chi connectivity index (χ1) is 16.8. The van der Waals surface area contributed by atoms with Gasteiger partial charge in [0.25, 0.3) is 0 Å². The molecule has 0 spiro atoms. The highest BCUT2D eigenvalue weighted by Crippen LogP contribution is 2.28. The molecule has 0 radical (unpaired) electrons. The third kappa shape index (κ3) is 7.31. The third-order valence-electron chi connectivity index (χ3n) is 6.02. The lowest BCUT2D eigenvalue weighted by atomic mass is 9.90.